The van der Waals surface area contributed by atoms with Crippen molar-refractivity contribution >= 4 is 40.6 Å². The van der Waals surface area contributed by atoms with Crippen molar-refractivity contribution < 1.29 is 23.8 Å². The number of aryl methyl sites for hydroxylation is 1. The Hall–Kier alpha value is -3.36. The molecule has 5 rings (SSSR count). The van der Waals surface area contributed by atoms with Gasteiger partial charge in [0.15, 0.2) is 11.5 Å². The summed E-state index contributed by atoms with van der Waals surface area (Å²) in [5.41, 5.74) is 4.48. The van der Waals surface area contributed by atoms with Gasteiger partial charge in [-0.3, -0.25) is 14.5 Å². The minimum Gasteiger partial charge on any atom is -0.494 e. The van der Waals surface area contributed by atoms with Gasteiger partial charge in [0.2, 0.25) is 6.79 Å². The summed E-state index contributed by atoms with van der Waals surface area (Å²) in [5, 5.41) is 0.0754. The van der Waals surface area contributed by atoms with E-state index < -0.39 is 0 Å². The lowest BCUT2D eigenvalue weighted by Gasteiger charge is -2.14. The molecule has 180 valence electrons. The van der Waals surface area contributed by atoms with Gasteiger partial charge in [-0.15, -0.1) is 0 Å². The maximum atomic E-state index is 13.1. The first-order valence-corrected chi connectivity index (χ1v) is 12.3. The number of hydrogen-bond donors (Lipinski definition) is 0. The Kier molecular flexibility index (Phi) is 6.25. The van der Waals surface area contributed by atoms with Gasteiger partial charge in [0.1, 0.15) is 5.75 Å². The zero-order chi connectivity index (χ0) is 24.7. The van der Waals surface area contributed by atoms with E-state index in [0.29, 0.717) is 33.6 Å². The number of halogens is 1. The molecule has 0 spiro atoms. The first-order chi connectivity index (χ1) is 16.9. The van der Waals surface area contributed by atoms with Gasteiger partial charge < -0.3 is 18.8 Å². The maximum Gasteiger partial charge on any atom is 0.293 e. The molecule has 0 saturated carbocycles. The quantitative estimate of drug-likeness (QED) is 0.372. The zero-order valence-corrected chi connectivity index (χ0v) is 21.0. The predicted octanol–water partition coefficient (Wildman–Crippen LogP) is 6.11. The van der Waals surface area contributed by atoms with Crippen molar-refractivity contribution in [1.82, 2.24) is 9.47 Å². The average Bonchev–Trinajstić information content (AvgIpc) is 3.47. The molecule has 35 heavy (non-hydrogen) atoms. The van der Waals surface area contributed by atoms with E-state index in [2.05, 4.69) is 4.57 Å². The molecule has 1 saturated heterocycles. The standard InChI is InChI=1S/C26H23ClN2O5S/c1-4-32-20-7-5-19(6-8-20)29-15(2)9-17(16(29)3)11-24-25(30)28(26(31)35-24)13-18-10-22-23(12-21(18)27)34-14-33-22/h5-12H,4,13-14H2,1-3H3/b24-11-. The number of aromatic nitrogens is 1. The number of nitrogens with zero attached hydrogens (tertiary/aromatic N) is 2. The molecule has 2 aromatic carbocycles. The molecule has 0 bridgehead atoms. The van der Waals surface area contributed by atoms with Crippen LogP contribution in [0.3, 0.4) is 0 Å². The average molecular weight is 511 g/mol. The van der Waals surface area contributed by atoms with Crippen LogP contribution in [-0.4, -0.2) is 34.0 Å². The number of hydrogen-bond acceptors (Lipinski definition) is 6. The molecular weight excluding hydrogens is 488 g/mol. The molecular formula is C26H23ClN2O5S. The molecule has 0 N–H and O–H groups in total. The van der Waals surface area contributed by atoms with Crippen LogP contribution in [0, 0.1) is 13.8 Å². The lowest BCUT2D eigenvalue weighted by Crippen LogP contribution is -2.27. The van der Waals surface area contributed by atoms with Crippen LogP contribution in [-0.2, 0) is 11.3 Å². The summed E-state index contributed by atoms with van der Waals surface area (Å²) in [6.07, 6.45) is 1.78. The van der Waals surface area contributed by atoms with Gasteiger partial charge >= 0.3 is 0 Å². The molecule has 0 unspecified atom stereocenters. The lowest BCUT2D eigenvalue weighted by atomic mass is 10.2. The van der Waals surface area contributed by atoms with Crippen molar-refractivity contribution in [2.75, 3.05) is 13.4 Å². The highest BCUT2D eigenvalue weighted by molar-refractivity contribution is 8.18. The first kappa shape index (κ1) is 23.4. The van der Waals surface area contributed by atoms with Crippen molar-refractivity contribution in [3.8, 4) is 22.9 Å². The molecule has 3 aromatic rings. The summed E-state index contributed by atoms with van der Waals surface area (Å²) in [6, 6.07) is 13.2. The number of amides is 2. The molecule has 1 fully saturated rings. The Morgan fingerprint density at radius 3 is 2.51 bits per heavy atom. The van der Waals surface area contributed by atoms with Gasteiger partial charge in [-0.1, -0.05) is 11.6 Å². The molecule has 2 aliphatic rings. The van der Waals surface area contributed by atoms with Crippen LogP contribution in [0.4, 0.5) is 4.79 Å². The Labute approximate surface area is 212 Å². The van der Waals surface area contributed by atoms with Crippen molar-refractivity contribution in [3.05, 3.63) is 74.9 Å². The van der Waals surface area contributed by atoms with E-state index in [-0.39, 0.29) is 24.5 Å². The van der Waals surface area contributed by atoms with Crippen LogP contribution in [0.1, 0.15) is 29.4 Å². The fraction of sp³-hybridized carbons (Fsp3) is 0.231. The van der Waals surface area contributed by atoms with Crippen molar-refractivity contribution in [1.29, 1.82) is 0 Å². The highest BCUT2D eigenvalue weighted by atomic mass is 35.5. The monoisotopic (exact) mass is 510 g/mol. The van der Waals surface area contributed by atoms with Crippen LogP contribution in [0.25, 0.3) is 11.8 Å². The van der Waals surface area contributed by atoms with Crippen LogP contribution >= 0.6 is 23.4 Å². The molecule has 2 aliphatic heterocycles. The highest BCUT2D eigenvalue weighted by Crippen LogP contribution is 2.39. The van der Waals surface area contributed by atoms with Gasteiger partial charge in [-0.05, 0) is 86.1 Å². The van der Waals surface area contributed by atoms with E-state index in [1.165, 1.54) is 4.90 Å². The molecule has 0 atom stereocenters. The molecule has 7 nitrogen and oxygen atoms in total. The van der Waals surface area contributed by atoms with Gasteiger partial charge in [0.25, 0.3) is 11.1 Å². The fourth-order valence-corrected chi connectivity index (χ4v) is 5.26. The summed E-state index contributed by atoms with van der Waals surface area (Å²) in [4.78, 5) is 27.4. The van der Waals surface area contributed by atoms with Gasteiger partial charge in [0, 0.05) is 28.2 Å². The Balaban J connectivity index is 1.39. The second-order valence-corrected chi connectivity index (χ2v) is 9.55. The summed E-state index contributed by atoms with van der Waals surface area (Å²) in [5.74, 6) is 1.57. The normalized spacial score (nSPS) is 16.0. The van der Waals surface area contributed by atoms with Crippen molar-refractivity contribution in [2.45, 2.75) is 27.3 Å². The largest absolute Gasteiger partial charge is 0.494 e. The van der Waals surface area contributed by atoms with Gasteiger partial charge in [-0.25, -0.2) is 0 Å². The van der Waals surface area contributed by atoms with Gasteiger partial charge in [0.05, 0.1) is 18.1 Å². The molecule has 9 heteroatoms. The summed E-state index contributed by atoms with van der Waals surface area (Å²) >= 11 is 7.29. The van der Waals surface area contributed by atoms with E-state index >= 15 is 0 Å². The smallest absolute Gasteiger partial charge is 0.293 e. The number of carbonyl (C=O) groups is 2. The lowest BCUT2D eigenvalue weighted by molar-refractivity contribution is -0.123. The summed E-state index contributed by atoms with van der Waals surface area (Å²) in [6.45, 7) is 6.74. The molecule has 3 heterocycles. The molecule has 2 amide bonds. The second kappa shape index (κ2) is 9.36. The van der Waals surface area contributed by atoms with E-state index in [1.807, 2.05) is 51.1 Å². The second-order valence-electron chi connectivity index (χ2n) is 8.15. The third-order valence-corrected chi connectivity index (χ3v) is 7.17. The van der Waals surface area contributed by atoms with E-state index in [9.17, 15) is 9.59 Å². The zero-order valence-electron chi connectivity index (χ0n) is 19.5. The SMILES string of the molecule is CCOc1ccc(-n2c(C)cc(/C=C3\SC(=O)N(Cc4cc5c(cc4Cl)OCO5)C3=O)c2C)cc1. The van der Waals surface area contributed by atoms with E-state index in [1.54, 1.807) is 18.2 Å². The van der Waals surface area contributed by atoms with E-state index in [4.69, 9.17) is 25.8 Å². The van der Waals surface area contributed by atoms with Crippen LogP contribution in [0.2, 0.25) is 5.02 Å². The molecule has 1 aromatic heterocycles. The Morgan fingerprint density at radius 2 is 1.80 bits per heavy atom. The Bertz CT molecular complexity index is 1360. The number of rotatable bonds is 6. The fourth-order valence-electron chi connectivity index (χ4n) is 4.22. The number of fused-ring (bicyclic) bond motifs is 1. The van der Waals surface area contributed by atoms with Gasteiger partial charge in [-0.2, -0.15) is 0 Å². The van der Waals surface area contributed by atoms with Crippen LogP contribution in [0.5, 0.6) is 17.2 Å². The first-order valence-electron chi connectivity index (χ1n) is 11.1. The number of imide groups is 1. The Morgan fingerprint density at radius 1 is 1.09 bits per heavy atom. The number of thioether (sulfide) groups is 1. The summed E-state index contributed by atoms with van der Waals surface area (Å²) in [7, 11) is 0. The van der Waals surface area contributed by atoms with Crippen LogP contribution < -0.4 is 14.2 Å². The third kappa shape index (κ3) is 4.39. The molecule has 0 radical (unpaired) electrons. The predicted molar refractivity (Wildman–Crippen MR) is 136 cm³/mol. The number of ether oxygens (including phenoxy) is 3. The number of benzene rings is 2. The maximum absolute atomic E-state index is 13.1. The topological polar surface area (TPSA) is 70.0 Å². The minimum atomic E-state index is -0.348. The highest BCUT2D eigenvalue weighted by Gasteiger charge is 2.36. The van der Waals surface area contributed by atoms with Crippen LogP contribution in [0.15, 0.2) is 47.4 Å². The minimum absolute atomic E-state index is 0.0582. The number of carbonyl (C=O) groups excluding carboxylic acids is 2. The van der Waals surface area contributed by atoms with Crippen molar-refractivity contribution in [3.63, 3.8) is 0 Å². The molecule has 0 aliphatic carbocycles. The third-order valence-electron chi connectivity index (χ3n) is 5.91. The summed E-state index contributed by atoms with van der Waals surface area (Å²) < 4.78 is 18.4. The van der Waals surface area contributed by atoms with E-state index in [0.717, 1.165) is 40.2 Å². The van der Waals surface area contributed by atoms with Crippen molar-refractivity contribution in [2.24, 2.45) is 0 Å².